The second-order valence-corrected chi connectivity index (χ2v) is 2.30. The first-order valence-electron chi connectivity index (χ1n) is 4.91. The smallest absolute Gasteiger partial charge is 0.337 e. The minimum Gasteiger partial charge on any atom is -0.478 e. The molecule has 5 nitrogen and oxygen atoms in total. The number of nitrogen functional groups attached to an aromatic ring is 1. The van der Waals surface area contributed by atoms with Crippen molar-refractivity contribution in [2.24, 2.45) is 0 Å². The van der Waals surface area contributed by atoms with E-state index in [2.05, 4.69) is 10.3 Å². The number of nitrogens with one attached hydrogen (secondary N) is 1. The summed E-state index contributed by atoms with van der Waals surface area (Å²) >= 11 is 0. The highest BCUT2D eigenvalue weighted by Crippen LogP contribution is 2.08. The number of rotatable bonds is 2. The molecule has 0 radical (unpaired) electrons. The fourth-order valence-corrected chi connectivity index (χ4v) is 0.692. The van der Waals surface area contributed by atoms with Crippen LogP contribution in [-0.4, -0.2) is 25.2 Å². The number of nitrogens with two attached hydrogens (primary N) is 1. The number of carbonyl (C=O) groups is 1. The van der Waals surface area contributed by atoms with E-state index in [1.165, 1.54) is 6.07 Å². The van der Waals surface area contributed by atoms with Crippen molar-refractivity contribution in [3.05, 3.63) is 29.8 Å². The molecule has 1 aromatic carbocycles. The van der Waals surface area contributed by atoms with Crippen molar-refractivity contribution in [2.45, 2.75) is 13.8 Å². The summed E-state index contributed by atoms with van der Waals surface area (Å²) in [6.07, 6.45) is 0. The third-order valence-electron chi connectivity index (χ3n) is 1.40. The fourth-order valence-electron chi connectivity index (χ4n) is 0.692. The van der Waals surface area contributed by atoms with Gasteiger partial charge in [0.25, 0.3) is 0 Å². The van der Waals surface area contributed by atoms with Crippen molar-refractivity contribution in [3.8, 4) is 0 Å². The molecule has 0 atom stereocenters. The molecule has 16 heavy (non-hydrogen) atoms. The fraction of sp³-hybridized carbons (Fsp3) is 0.364. The number of aromatic carboxylic acids is 1. The van der Waals surface area contributed by atoms with Gasteiger partial charge in [0, 0.05) is 12.7 Å². The molecule has 0 amide bonds. The zero-order valence-electron chi connectivity index (χ0n) is 10.2. The number of hydroxylamine groups is 1. The number of carboxylic acids is 1. The molecule has 0 unspecified atom stereocenters. The zero-order valence-corrected chi connectivity index (χ0v) is 10.2. The Morgan fingerprint density at radius 2 is 1.81 bits per heavy atom. The molecule has 4 N–H and O–H groups in total. The van der Waals surface area contributed by atoms with Crippen LogP contribution in [0.5, 0.6) is 0 Å². The Hall–Kier alpha value is -1.59. The largest absolute Gasteiger partial charge is 0.478 e. The Balaban J connectivity index is 0. The Labute approximate surface area is 96.2 Å². The quantitative estimate of drug-likeness (QED) is 0.530. The van der Waals surface area contributed by atoms with E-state index in [1.807, 2.05) is 13.8 Å². The van der Waals surface area contributed by atoms with Crippen LogP contribution >= 0.6 is 0 Å². The molecule has 0 bridgehead atoms. The molecule has 0 spiro atoms. The number of carboxylic acid groups (broad SMARTS) is 1. The normalized spacial score (nSPS) is 8.00. The van der Waals surface area contributed by atoms with E-state index in [0.29, 0.717) is 5.69 Å². The SMILES string of the molecule is CC.CNOC.Nc1ccccc1C(=O)O. The Morgan fingerprint density at radius 3 is 2.06 bits per heavy atom. The van der Waals surface area contributed by atoms with Crippen molar-refractivity contribution < 1.29 is 14.7 Å². The second-order valence-electron chi connectivity index (χ2n) is 2.30. The third-order valence-corrected chi connectivity index (χ3v) is 1.40. The molecule has 0 aliphatic rings. The first-order valence-corrected chi connectivity index (χ1v) is 4.91. The molecule has 5 heteroatoms. The van der Waals surface area contributed by atoms with E-state index in [-0.39, 0.29) is 5.56 Å². The predicted octanol–water partition coefficient (Wildman–Crippen LogP) is 1.76. The molecule has 0 saturated heterocycles. The third kappa shape index (κ3) is 7.78. The maximum atomic E-state index is 10.3. The van der Waals surface area contributed by atoms with Gasteiger partial charge in [0.2, 0.25) is 0 Å². The lowest BCUT2D eigenvalue weighted by molar-refractivity contribution is 0.0698. The number of benzene rings is 1. The molecule has 0 fully saturated rings. The Kier molecular flexibility index (Phi) is 12.1. The lowest BCUT2D eigenvalue weighted by Crippen LogP contribution is -2.00. The second kappa shape index (κ2) is 11.5. The molecule has 0 heterocycles. The average Bonchev–Trinajstić information content (AvgIpc) is 2.32. The van der Waals surface area contributed by atoms with E-state index in [0.717, 1.165) is 0 Å². The number of hydrogen-bond donors (Lipinski definition) is 3. The molecular formula is C11H20N2O3. The highest BCUT2D eigenvalue weighted by Gasteiger charge is 2.03. The van der Waals surface area contributed by atoms with Crippen LogP contribution in [0.25, 0.3) is 0 Å². The van der Waals surface area contributed by atoms with Crippen molar-refractivity contribution >= 4 is 11.7 Å². The Morgan fingerprint density at radius 1 is 1.38 bits per heavy atom. The van der Waals surface area contributed by atoms with Crippen LogP contribution in [0.2, 0.25) is 0 Å². The first-order chi connectivity index (χ1) is 7.63. The molecule has 0 aliphatic carbocycles. The topological polar surface area (TPSA) is 84.6 Å². The van der Waals surface area contributed by atoms with E-state index in [1.54, 1.807) is 32.4 Å². The van der Waals surface area contributed by atoms with E-state index in [9.17, 15) is 4.79 Å². The Bertz CT molecular complexity index is 288. The van der Waals surface area contributed by atoms with Gasteiger partial charge in [-0.2, -0.15) is 0 Å². The standard InChI is InChI=1S/C7H7NO2.C2H7NO.C2H6/c8-6-4-2-1-3-5(6)7(9)10;1-3-4-2;1-2/h1-4H,8H2,(H,9,10);3H,1-2H3;1-2H3. The van der Waals surface area contributed by atoms with Crippen molar-refractivity contribution in [1.82, 2.24) is 5.48 Å². The summed E-state index contributed by atoms with van der Waals surface area (Å²) in [5.41, 5.74) is 8.23. The lowest BCUT2D eigenvalue weighted by Gasteiger charge is -1.96. The molecule has 0 aliphatic heterocycles. The maximum absolute atomic E-state index is 10.3. The lowest BCUT2D eigenvalue weighted by atomic mass is 10.2. The number of hydrogen-bond acceptors (Lipinski definition) is 4. The molecule has 92 valence electrons. The molecule has 1 aromatic rings. The summed E-state index contributed by atoms with van der Waals surface area (Å²) in [4.78, 5) is 14.6. The van der Waals surface area contributed by atoms with Crippen LogP contribution in [0, 0.1) is 0 Å². The van der Waals surface area contributed by atoms with Crippen molar-refractivity contribution in [1.29, 1.82) is 0 Å². The average molecular weight is 228 g/mol. The molecular weight excluding hydrogens is 208 g/mol. The van der Waals surface area contributed by atoms with Crippen LogP contribution in [0.15, 0.2) is 24.3 Å². The molecule has 0 aromatic heterocycles. The first kappa shape index (κ1) is 16.8. The zero-order chi connectivity index (χ0) is 13.0. The van der Waals surface area contributed by atoms with Gasteiger partial charge in [-0.25, -0.2) is 10.3 Å². The van der Waals surface area contributed by atoms with Gasteiger partial charge in [-0.05, 0) is 12.1 Å². The van der Waals surface area contributed by atoms with Gasteiger partial charge in [0.1, 0.15) is 0 Å². The maximum Gasteiger partial charge on any atom is 0.337 e. The minimum atomic E-state index is -0.988. The van der Waals surface area contributed by atoms with Crippen molar-refractivity contribution in [3.63, 3.8) is 0 Å². The van der Waals surface area contributed by atoms with E-state index in [4.69, 9.17) is 10.8 Å². The highest BCUT2D eigenvalue weighted by molar-refractivity contribution is 5.93. The van der Waals surface area contributed by atoms with Crippen LogP contribution in [0.3, 0.4) is 0 Å². The molecule has 1 rings (SSSR count). The minimum absolute atomic E-state index is 0.155. The summed E-state index contributed by atoms with van der Waals surface area (Å²) in [5, 5.41) is 8.49. The summed E-state index contributed by atoms with van der Waals surface area (Å²) < 4.78 is 0. The molecule has 0 saturated carbocycles. The van der Waals surface area contributed by atoms with Gasteiger partial charge < -0.3 is 15.7 Å². The van der Waals surface area contributed by atoms with Gasteiger partial charge >= 0.3 is 5.97 Å². The monoisotopic (exact) mass is 228 g/mol. The van der Waals surface area contributed by atoms with Gasteiger partial charge in [-0.15, -0.1) is 0 Å². The van der Waals surface area contributed by atoms with Gasteiger partial charge in [-0.3, -0.25) is 0 Å². The van der Waals surface area contributed by atoms with Crippen molar-refractivity contribution in [2.75, 3.05) is 19.9 Å². The summed E-state index contributed by atoms with van der Waals surface area (Å²) in [7, 11) is 3.28. The van der Waals surface area contributed by atoms with Crippen LogP contribution < -0.4 is 11.2 Å². The highest BCUT2D eigenvalue weighted by atomic mass is 16.6. The summed E-state index contributed by atoms with van der Waals surface area (Å²) in [6, 6.07) is 6.36. The summed E-state index contributed by atoms with van der Waals surface area (Å²) in [6.45, 7) is 4.00. The number of para-hydroxylation sites is 1. The predicted molar refractivity (Wildman–Crippen MR) is 65.2 cm³/mol. The van der Waals surface area contributed by atoms with Gasteiger partial charge in [-0.1, -0.05) is 26.0 Å². The van der Waals surface area contributed by atoms with Gasteiger partial charge in [0.15, 0.2) is 0 Å². The van der Waals surface area contributed by atoms with Crippen LogP contribution in [0.1, 0.15) is 24.2 Å². The summed E-state index contributed by atoms with van der Waals surface area (Å²) in [5.74, 6) is -0.988. The van der Waals surface area contributed by atoms with Crippen LogP contribution in [0.4, 0.5) is 5.69 Å². The number of anilines is 1. The van der Waals surface area contributed by atoms with Crippen LogP contribution in [-0.2, 0) is 4.84 Å². The van der Waals surface area contributed by atoms with Gasteiger partial charge in [0.05, 0.1) is 12.7 Å². The van der Waals surface area contributed by atoms with E-state index < -0.39 is 5.97 Å². The van der Waals surface area contributed by atoms with E-state index >= 15 is 0 Å².